The Morgan fingerprint density at radius 3 is 1.20 bits per heavy atom. The van der Waals surface area contributed by atoms with Crippen molar-refractivity contribution in [3.63, 3.8) is 0 Å². The Morgan fingerprint density at radius 2 is 0.841 bits per heavy atom. The molecule has 3 heterocycles. The lowest BCUT2D eigenvalue weighted by molar-refractivity contribution is -0.134. The maximum atomic E-state index is 12.7. The van der Waals surface area contributed by atoms with Crippen molar-refractivity contribution in [2.24, 2.45) is 22.2 Å². The Bertz CT molecular complexity index is 2590. The van der Waals surface area contributed by atoms with Crippen molar-refractivity contribution in [1.82, 2.24) is 34.7 Å². The highest BCUT2D eigenvalue weighted by Gasteiger charge is 2.47. The summed E-state index contributed by atoms with van der Waals surface area (Å²) in [7, 11) is 8.97. The second kappa shape index (κ2) is 26.4. The number of piperidine rings is 3. The van der Waals surface area contributed by atoms with Gasteiger partial charge in [-0.15, -0.1) is 0 Å². The lowest BCUT2D eigenvalue weighted by atomic mass is 9.63. The molecule has 10 rings (SSSR count). The van der Waals surface area contributed by atoms with Gasteiger partial charge in [-0.25, -0.2) is 9.59 Å². The molecule has 0 bridgehead atoms. The largest absolute Gasteiger partial charge is 0.453 e. The first-order chi connectivity index (χ1) is 38.7. The standard InChI is InChI=1S/C25H38N2O.C23H37N3O.C23H36N2O2.H2/c1-24(2,3)13-16-27-17-14-25(15-18-27)12-11-22(20-7-5-6-8-21(20)25)26(4)23(28)19-9-10-19;1-22(2,3)12-15-26-16-13-23(14-17-26)11-10-20(24-21(27)25(4)5)18-8-6-7-9-19(18)23;1-22(2,3)12-15-25-16-13-23(14-17-25)11-10-20(24(4)21(26)27-5)18-8-6-7-9-19(18)23;/h5-8,19,22H,9-18H2,1-4H3;6-9,20H,10-17H2,1-5H3,(H,24,27);6-9,20H,10-17H2,1-5H3;1H/t22-;2*20-;/m000./s1. The fraction of sp³-hybridized carbons (Fsp3) is 0.704. The third-order valence-corrected chi connectivity index (χ3v) is 20.7. The van der Waals surface area contributed by atoms with Gasteiger partial charge in [-0.1, -0.05) is 135 Å². The van der Waals surface area contributed by atoms with Crippen LogP contribution in [0.5, 0.6) is 0 Å². The van der Waals surface area contributed by atoms with Crippen LogP contribution >= 0.6 is 0 Å². The van der Waals surface area contributed by atoms with Crippen molar-refractivity contribution < 1.29 is 20.5 Å². The molecule has 82 heavy (non-hydrogen) atoms. The number of carbonyl (C=O) groups excluding carboxylic acids is 3. The smallest absolute Gasteiger partial charge is 0.409 e. The van der Waals surface area contributed by atoms with Gasteiger partial charge in [0.05, 0.1) is 25.2 Å². The predicted octanol–water partition coefficient (Wildman–Crippen LogP) is 15.0. The second-order valence-corrected chi connectivity index (χ2v) is 30.4. The molecule has 3 atom stereocenters. The molecule has 3 saturated heterocycles. The third-order valence-electron chi connectivity index (χ3n) is 20.7. The minimum Gasteiger partial charge on any atom is -0.453 e. The molecule has 4 fully saturated rings. The summed E-state index contributed by atoms with van der Waals surface area (Å²) in [5.41, 5.74) is 10.7. The first-order valence-corrected chi connectivity index (χ1v) is 32.3. The number of amides is 4. The number of nitrogens with zero attached hydrogens (tertiary/aromatic N) is 6. The molecular weight excluding hydrogens is 1010 g/mol. The van der Waals surface area contributed by atoms with E-state index in [1.54, 1.807) is 23.9 Å². The molecule has 4 aliphatic carbocycles. The Morgan fingerprint density at radius 1 is 0.500 bits per heavy atom. The van der Waals surface area contributed by atoms with Crippen molar-refractivity contribution in [3.05, 3.63) is 106 Å². The molecule has 1 N–H and O–H groups in total. The average Bonchev–Trinajstić information content (AvgIpc) is 4.12. The average molecular weight is 1130 g/mol. The van der Waals surface area contributed by atoms with Crippen molar-refractivity contribution in [1.29, 1.82) is 0 Å². The van der Waals surface area contributed by atoms with Gasteiger partial charge in [0.15, 0.2) is 0 Å². The van der Waals surface area contributed by atoms with E-state index in [1.807, 2.05) is 14.1 Å². The van der Waals surface area contributed by atoms with Crippen molar-refractivity contribution in [2.75, 3.05) is 94.2 Å². The lowest BCUT2D eigenvalue weighted by Crippen LogP contribution is -2.47. The number of hydrogen-bond acceptors (Lipinski definition) is 7. The van der Waals surface area contributed by atoms with Gasteiger partial charge in [-0.05, 0) is 234 Å². The van der Waals surface area contributed by atoms with Gasteiger partial charge in [-0.2, -0.15) is 0 Å². The van der Waals surface area contributed by atoms with Crippen LogP contribution in [0.2, 0.25) is 0 Å². The predicted molar refractivity (Wildman–Crippen MR) is 340 cm³/mol. The van der Waals surface area contributed by atoms with Gasteiger partial charge in [0.1, 0.15) is 0 Å². The van der Waals surface area contributed by atoms with Crippen LogP contribution in [-0.4, -0.2) is 142 Å². The maximum Gasteiger partial charge on any atom is 0.409 e. The molecule has 3 aromatic carbocycles. The number of rotatable bonds is 10. The Balaban J connectivity index is 0.000000178. The summed E-state index contributed by atoms with van der Waals surface area (Å²) in [5.74, 6) is 0.673. The van der Waals surface area contributed by atoms with Crippen LogP contribution in [0.25, 0.3) is 0 Å². The quantitative estimate of drug-likeness (QED) is 0.216. The molecule has 1 saturated carbocycles. The fourth-order valence-electron chi connectivity index (χ4n) is 14.9. The summed E-state index contributed by atoms with van der Waals surface area (Å²) >= 11 is 0. The zero-order chi connectivity index (χ0) is 59.3. The SMILES string of the molecule is CN(C(=O)C1CC1)[C@H]1CCC2(CCN(CCC(C)(C)C)CC2)c2ccccc21.CN(C)C(=O)N[C@H]1CCC2(CCN(CCC(C)(C)C)CC2)c2ccccc21.COC(=O)N(C)[C@H]1CCC2(CCN(CCC(C)(C)C)CC2)c2ccccc21.[HH]. The van der Waals surface area contributed by atoms with E-state index in [4.69, 9.17) is 4.74 Å². The number of carbonyl (C=O) groups is 3. The minimum atomic E-state index is -0.247. The third kappa shape index (κ3) is 15.7. The van der Waals surface area contributed by atoms with Crippen molar-refractivity contribution >= 4 is 18.0 Å². The first kappa shape index (κ1) is 63.6. The summed E-state index contributed by atoms with van der Waals surface area (Å²) in [6.45, 7) is 31.8. The monoisotopic (exact) mass is 1130 g/mol. The number of methoxy groups -OCH3 is 1. The summed E-state index contributed by atoms with van der Waals surface area (Å²) in [4.78, 5) is 50.4. The van der Waals surface area contributed by atoms with E-state index < -0.39 is 0 Å². The van der Waals surface area contributed by atoms with E-state index in [9.17, 15) is 14.4 Å². The van der Waals surface area contributed by atoms with Crippen molar-refractivity contribution in [2.45, 2.75) is 206 Å². The maximum absolute atomic E-state index is 12.7. The number of nitrogens with one attached hydrogen (secondary N) is 1. The normalized spacial score (nSPS) is 23.2. The number of benzene rings is 3. The van der Waals surface area contributed by atoms with Gasteiger partial charge in [0, 0.05) is 35.5 Å². The fourth-order valence-corrected chi connectivity index (χ4v) is 14.9. The van der Waals surface area contributed by atoms with E-state index in [1.165, 1.54) is 170 Å². The van der Waals surface area contributed by atoms with Gasteiger partial charge < -0.3 is 39.5 Å². The second-order valence-electron chi connectivity index (χ2n) is 30.4. The van der Waals surface area contributed by atoms with Crippen LogP contribution in [0.15, 0.2) is 72.8 Å². The van der Waals surface area contributed by atoms with Gasteiger partial charge >= 0.3 is 12.1 Å². The zero-order valence-corrected chi connectivity index (χ0v) is 53.9. The summed E-state index contributed by atoms with van der Waals surface area (Å²) in [6.07, 6.45) is 19.9. The highest BCUT2D eigenvalue weighted by molar-refractivity contribution is 5.81. The number of fused-ring (bicyclic) bond motifs is 6. The highest BCUT2D eigenvalue weighted by atomic mass is 16.5. The molecule has 7 aliphatic rings. The van der Waals surface area contributed by atoms with E-state index in [2.05, 4.69) is 160 Å². The molecule has 0 radical (unpaired) electrons. The molecule has 11 nitrogen and oxygen atoms in total. The number of hydrogen-bond donors (Lipinski definition) is 1. The molecular formula is C71H113N7O4. The van der Waals surface area contributed by atoms with Crippen LogP contribution in [0.4, 0.5) is 9.59 Å². The van der Waals surface area contributed by atoms with Crippen LogP contribution in [0.3, 0.4) is 0 Å². The molecule has 3 aliphatic heterocycles. The van der Waals surface area contributed by atoms with E-state index >= 15 is 0 Å². The van der Waals surface area contributed by atoms with Gasteiger partial charge in [0.2, 0.25) is 5.91 Å². The number of ether oxygens (including phenoxy) is 1. The molecule has 456 valence electrons. The molecule has 4 amide bonds. The summed E-state index contributed by atoms with van der Waals surface area (Å²) in [6, 6.07) is 27.2. The Labute approximate surface area is 499 Å². The first-order valence-electron chi connectivity index (χ1n) is 32.3. The molecule has 0 unspecified atom stereocenters. The molecule has 0 aromatic heterocycles. The number of urea groups is 1. The number of likely N-dealkylation sites (tertiary alicyclic amines) is 3. The van der Waals surface area contributed by atoms with E-state index in [-0.39, 0.29) is 37.1 Å². The molecule has 11 heteroatoms. The minimum absolute atomic E-state index is 0. The van der Waals surface area contributed by atoms with Crippen LogP contribution in [-0.2, 0) is 25.8 Å². The van der Waals surface area contributed by atoms with E-state index in [0.717, 1.165) is 38.5 Å². The molecule has 3 aromatic rings. The Kier molecular flexibility index (Phi) is 20.5. The molecule has 3 spiro atoms. The summed E-state index contributed by atoms with van der Waals surface area (Å²) in [5, 5.41) is 3.22. The summed E-state index contributed by atoms with van der Waals surface area (Å²) < 4.78 is 4.97. The van der Waals surface area contributed by atoms with Crippen LogP contribution < -0.4 is 5.32 Å². The topological polar surface area (TPSA) is 91.9 Å². The van der Waals surface area contributed by atoms with Crippen LogP contribution in [0.1, 0.15) is 224 Å². The van der Waals surface area contributed by atoms with Gasteiger partial charge in [-0.3, -0.25) is 4.79 Å². The zero-order valence-electron chi connectivity index (χ0n) is 53.9. The van der Waals surface area contributed by atoms with Gasteiger partial charge in [0.25, 0.3) is 0 Å². The van der Waals surface area contributed by atoms with Crippen LogP contribution in [0, 0.1) is 22.2 Å². The lowest BCUT2D eigenvalue weighted by Gasteiger charge is -2.48. The van der Waals surface area contributed by atoms with Crippen molar-refractivity contribution in [3.8, 4) is 0 Å². The Hall–Kier alpha value is -4.45. The van der Waals surface area contributed by atoms with E-state index in [0.29, 0.717) is 38.9 Å². The highest BCUT2D eigenvalue weighted by Crippen LogP contribution is 2.52.